The Morgan fingerprint density at radius 3 is 3.00 bits per heavy atom. The molecule has 23 heavy (non-hydrogen) atoms. The standard InChI is InChI=1S/C17H26N4O2/c1-13-4-3-5-16(18-13)19-17(22)21-8-9-23-15(12-21)11-20(2)10-14-6-7-14/h3-5,14-15H,6-12H2,1-2H3,(H,18,19,22)/t15-/m1/s1. The summed E-state index contributed by atoms with van der Waals surface area (Å²) < 4.78 is 5.82. The van der Waals surface area contributed by atoms with Crippen LogP contribution in [0.15, 0.2) is 18.2 Å². The summed E-state index contributed by atoms with van der Waals surface area (Å²) in [4.78, 5) is 20.9. The highest BCUT2D eigenvalue weighted by molar-refractivity contribution is 5.88. The minimum Gasteiger partial charge on any atom is -0.373 e. The van der Waals surface area contributed by atoms with Crippen molar-refractivity contribution in [3.05, 3.63) is 23.9 Å². The van der Waals surface area contributed by atoms with Gasteiger partial charge in [-0.05, 0) is 44.9 Å². The Hall–Kier alpha value is -1.66. The van der Waals surface area contributed by atoms with Gasteiger partial charge in [0.15, 0.2) is 0 Å². The fourth-order valence-corrected chi connectivity index (χ4v) is 2.98. The van der Waals surface area contributed by atoms with Crippen LogP contribution >= 0.6 is 0 Å². The van der Waals surface area contributed by atoms with Crippen LogP contribution in [-0.4, -0.2) is 66.8 Å². The molecule has 6 nitrogen and oxygen atoms in total. The summed E-state index contributed by atoms with van der Waals surface area (Å²) in [6.45, 7) is 5.78. The van der Waals surface area contributed by atoms with Gasteiger partial charge in [-0.2, -0.15) is 0 Å². The van der Waals surface area contributed by atoms with Crippen molar-refractivity contribution in [3.8, 4) is 0 Å². The predicted molar refractivity (Wildman–Crippen MR) is 89.5 cm³/mol. The number of likely N-dealkylation sites (N-methyl/N-ethyl adjacent to an activating group) is 1. The van der Waals surface area contributed by atoms with Crippen molar-refractivity contribution in [2.75, 3.05) is 45.2 Å². The SMILES string of the molecule is Cc1cccc(NC(=O)N2CCO[C@H](CN(C)CC3CC3)C2)n1. The number of ether oxygens (including phenoxy) is 1. The van der Waals surface area contributed by atoms with Crippen molar-refractivity contribution in [3.63, 3.8) is 0 Å². The molecule has 2 aliphatic rings. The number of rotatable bonds is 5. The molecule has 1 aliphatic carbocycles. The van der Waals surface area contributed by atoms with E-state index in [-0.39, 0.29) is 12.1 Å². The van der Waals surface area contributed by atoms with Crippen LogP contribution < -0.4 is 5.32 Å². The maximum absolute atomic E-state index is 12.4. The molecular formula is C17H26N4O2. The van der Waals surface area contributed by atoms with Gasteiger partial charge in [-0.1, -0.05) is 6.07 Å². The monoisotopic (exact) mass is 318 g/mol. The molecule has 1 aromatic rings. The molecule has 1 aliphatic heterocycles. The average Bonchev–Trinajstić information content (AvgIpc) is 3.31. The fourth-order valence-electron chi connectivity index (χ4n) is 2.98. The molecule has 0 radical (unpaired) electrons. The summed E-state index contributed by atoms with van der Waals surface area (Å²) in [7, 11) is 2.14. The van der Waals surface area contributed by atoms with E-state index in [0.29, 0.717) is 25.5 Å². The van der Waals surface area contributed by atoms with Gasteiger partial charge in [0.1, 0.15) is 5.82 Å². The zero-order valence-electron chi connectivity index (χ0n) is 14.0. The molecule has 6 heteroatoms. The number of carbonyl (C=O) groups excluding carboxylic acids is 1. The Morgan fingerprint density at radius 2 is 2.26 bits per heavy atom. The molecule has 0 aromatic carbocycles. The summed E-state index contributed by atoms with van der Waals surface area (Å²) >= 11 is 0. The van der Waals surface area contributed by atoms with Crippen LogP contribution in [0.2, 0.25) is 0 Å². The molecular weight excluding hydrogens is 292 g/mol. The molecule has 2 heterocycles. The first-order valence-corrected chi connectivity index (χ1v) is 8.40. The quantitative estimate of drug-likeness (QED) is 0.902. The second-order valence-corrected chi connectivity index (χ2v) is 6.70. The van der Waals surface area contributed by atoms with E-state index in [4.69, 9.17) is 4.74 Å². The maximum Gasteiger partial charge on any atom is 0.323 e. The Labute approximate surface area is 137 Å². The first-order chi connectivity index (χ1) is 11.1. The molecule has 126 valence electrons. The predicted octanol–water partition coefficient (Wildman–Crippen LogP) is 1.96. The zero-order chi connectivity index (χ0) is 16.2. The van der Waals surface area contributed by atoms with E-state index in [2.05, 4.69) is 22.2 Å². The third kappa shape index (κ3) is 4.91. The second kappa shape index (κ2) is 7.27. The van der Waals surface area contributed by atoms with Gasteiger partial charge in [0.2, 0.25) is 0 Å². The van der Waals surface area contributed by atoms with Gasteiger partial charge in [-0.3, -0.25) is 5.32 Å². The van der Waals surface area contributed by atoms with Crippen molar-refractivity contribution >= 4 is 11.8 Å². The number of aromatic nitrogens is 1. The van der Waals surface area contributed by atoms with Crippen molar-refractivity contribution in [2.45, 2.75) is 25.9 Å². The van der Waals surface area contributed by atoms with Crippen LogP contribution in [0.5, 0.6) is 0 Å². The van der Waals surface area contributed by atoms with E-state index in [1.165, 1.54) is 12.8 Å². The van der Waals surface area contributed by atoms with Gasteiger partial charge in [0, 0.05) is 31.9 Å². The number of anilines is 1. The van der Waals surface area contributed by atoms with E-state index in [1.54, 1.807) is 0 Å². The number of urea groups is 1. The minimum atomic E-state index is -0.0961. The zero-order valence-corrected chi connectivity index (χ0v) is 14.0. The Balaban J connectivity index is 1.49. The van der Waals surface area contributed by atoms with E-state index in [0.717, 1.165) is 24.7 Å². The average molecular weight is 318 g/mol. The van der Waals surface area contributed by atoms with Crippen molar-refractivity contribution in [1.29, 1.82) is 0 Å². The lowest BCUT2D eigenvalue weighted by Crippen LogP contribution is -2.50. The van der Waals surface area contributed by atoms with Crippen LogP contribution in [0.4, 0.5) is 10.6 Å². The van der Waals surface area contributed by atoms with E-state index < -0.39 is 0 Å². The van der Waals surface area contributed by atoms with Gasteiger partial charge in [0.05, 0.1) is 12.7 Å². The largest absolute Gasteiger partial charge is 0.373 e. The molecule has 3 rings (SSSR count). The van der Waals surface area contributed by atoms with Crippen LogP contribution in [0.1, 0.15) is 18.5 Å². The maximum atomic E-state index is 12.4. The molecule has 1 aromatic heterocycles. The Morgan fingerprint density at radius 1 is 1.43 bits per heavy atom. The Kier molecular flexibility index (Phi) is 5.13. The van der Waals surface area contributed by atoms with Crippen molar-refractivity contribution in [1.82, 2.24) is 14.8 Å². The first-order valence-electron chi connectivity index (χ1n) is 8.40. The van der Waals surface area contributed by atoms with Gasteiger partial charge in [-0.15, -0.1) is 0 Å². The minimum absolute atomic E-state index is 0.0868. The highest BCUT2D eigenvalue weighted by atomic mass is 16.5. The summed E-state index contributed by atoms with van der Waals surface area (Å²) in [5, 5.41) is 2.88. The molecule has 1 atom stereocenters. The fraction of sp³-hybridized carbons (Fsp3) is 0.647. The highest BCUT2D eigenvalue weighted by Gasteiger charge is 2.28. The number of aryl methyl sites for hydroxylation is 1. The number of hydrogen-bond acceptors (Lipinski definition) is 4. The molecule has 2 fully saturated rings. The second-order valence-electron chi connectivity index (χ2n) is 6.70. The molecule has 1 N–H and O–H groups in total. The van der Waals surface area contributed by atoms with Gasteiger partial charge < -0.3 is 14.5 Å². The van der Waals surface area contributed by atoms with Gasteiger partial charge >= 0.3 is 6.03 Å². The lowest BCUT2D eigenvalue weighted by atomic mass is 10.2. The summed E-state index contributed by atoms with van der Waals surface area (Å²) in [5.74, 6) is 1.47. The lowest BCUT2D eigenvalue weighted by Gasteiger charge is -2.34. The highest BCUT2D eigenvalue weighted by Crippen LogP contribution is 2.29. The summed E-state index contributed by atoms with van der Waals surface area (Å²) in [5.41, 5.74) is 0.893. The summed E-state index contributed by atoms with van der Waals surface area (Å²) in [6, 6.07) is 5.52. The van der Waals surface area contributed by atoms with Crippen molar-refractivity contribution < 1.29 is 9.53 Å². The number of nitrogens with zero attached hydrogens (tertiary/aromatic N) is 3. The number of carbonyl (C=O) groups is 1. The normalized spacial score (nSPS) is 21.5. The van der Waals surface area contributed by atoms with E-state index >= 15 is 0 Å². The first kappa shape index (κ1) is 16.2. The summed E-state index contributed by atoms with van der Waals surface area (Å²) in [6.07, 6.45) is 2.80. The Bertz CT molecular complexity index is 547. The van der Waals surface area contributed by atoms with E-state index in [9.17, 15) is 4.79 Å². The van der Waals surface area contributed by atoms with Crippen LogP contribution in [0, 0.1) is 12.8 Å². The molecule has 1 saturated carbocycles. The number of amides is 2. The lowest BCUT2D eigenvalue weighted by molar-refractivity contribution is -0.0261. The smallest absolute Gasteiger partial charge is 0.323 e. The van der Waals surface area contributed by atoms with Gasteiger partial charge in [-0.25, -0.2) is 9.78 Å². The molecule has 0 spiro atoms. The van der Waals surface area contributed by atoms with Gasteiger partial charge in [0.25, 0.3) is 0 Å². The van der Waals surface area contributed by atoms with Crippen LogP contribution in [0.3, 0.4) is 0 Å². The number of nitrogens with one attached hydrogen (secondary N) is 1. The number of morpholine rings is 1. The molecule has 0 unspecified atom stereocenters. The topological polar surface area (TPSA) is 57.7 Å². The third-order valence-corrected chi connectivity index (χ3v) is 4.33. The number of pyridine rings is 1. The van der Waals surface area contributed by atoms with Crippen molar-refractivity contribution in [2.24, 2.45) is 5.92 Å². The van der Waals surface area contributed by atoms with E-state index in [1.807, 2.05) is 30.0 Å². The number of hydrogen-bond donors (Lipinski definition) is 1. The molecule has 0 bridgehead atoms. The third-order valence-electron chi connectivity index (χ3n) is 4.33. The molecule has 1 saturated heterocycles. The molecule has 2 amide bonds. The van der Waals surface area contributed by atoms with Crippen LogP contribution in [-0.2, 0) is 4.74 Å². The van der Waals surface area contributed by atoms with Crippen LogP contribution in [0.25, 0.3) is 0 Å².